The number of halogens is 2. The molecule has 2 aliphatic rings. The minimum absolute atomic E-state index is 0.333. The Balaban J connectivity index is 1.27. The largest absolute Gasteiger partial charge is 0.389 e. The molecule has 2 aliphatic carbocycles. The second kappa shape index (κ2) is 8.95. The van der Waals surface area contributed by atoms with Crippen LogP contribution in [0.2, 0.25) is 0 Å². The van der Waals surface area contributed by atoms with Crippen LogP contribution in [0.25, 0.3) is 50.7 Å². The van der Waals surface area contributed by atoms with Crippen LogP contribution < -0.4 is 5.73 Å². The number of aliphatic hydroxyl groups is 1. The van der Waals surface area contributed by atoms with E-state index in [4.69, 9.17) is 15.7 Å². The molecule has 208 valence electrons. The number of rotatable bonds is 5. The zero-order valence-electron chi connectivity index (χ0n) is 22.5. The van der Waals surface area contributed by atoms with Crippen LogP contribution in [-0.4, -0.2) is 35.3 Å². The van der Waals surface area contributed by atoms with Gasteiger partial charge in [-0.05, 0) is 67.5 Å². The normalized spacial score (nSPS) is 22.0. The van der Waals surface area contributed by atoms with Gasteiger partial charge in [-0.15, -0.1) is 10.2 Å². The van der Waals surface area contributed by atoms with E-state index in [9.17, 15) is 13.9 Å². The molecule has 42 heavy (non-hydrogen) atoms. The molecular formula is C33H26F2N6O. The van der Waals surface area contributed by atoms with E-state index in [0.29, 0.717) is 58.3 Å². The van der Waals surface area contributed by atoms with Gasteiger partial charge < -0.3 is 10.8 Å². The summed E-state index contributed by atoms with van der Waals surface area (Å²) in [5.41, 5.74) is 11.6. The fourth-order valence-corrected chi connectivity index (χ4v) is 6.42. The predicted molar refractivity (Wildman–Crippen MR) is 155 cm³/mol. The minimum atomic E-state index is -0.968. The summed E-state index contributed by atoms with van der Waals surface area (Å²) in [4.78, 5) is 10.1. The van der Waals surface area contributed by atoms with Gasteiger partial charge >= 0.3 is 0 Å². The molecule has 0 saturated heterocycles. The summed E-state index contributed by atoms with van der Waals surface area (Å²) >= 11 is 0. The average Bonchev–Trinajstić information content (AvgIpc) is 3.77. The predicted octanol–water partition coefficient (Wildman–Crippen LogP) is 6.04. The molecule has 0 amide bonds. The highest BCUT2D eigenvalue weighted by Crippen LogP contribution is 2.57. The van der Waals surface area contributed by atoms with Crippen LogP contribution in [-0.2, 0) is 5.54 Å². The Kier molecular flexibility index (Phi) is 5.36. The Morgan fingerprint density at radius 3 is 2.17 bits per heavy atom. The van der Waals surface area contributed by atoms with Crippen LogP contribution in [0.5, 0.6) is 0 Å². The molecule has 3 aromatic heterocycles. The van der Waals surface area contributed by atoms with Crippen LogP contribution in [0.3, 0.4) is 0 Å². The Hall–Kier alpha value is -4.60. The van der Waals surface area contributed by atoms with Crippen molar-refractivity contribution in [3.63, 3.8) is 0 Å². The zero-order chi connectivity index (χ0) is 28.6. The number of hydrogen-bond donors (Lipinski definition) is 2. The van der Waals surface area contributed by atoms with Crippen molar-refractivity contribution in [1.29, 1.82) is 0 Å². The monoisotopic (exact) mass is 560 g/mol. The van der Waals surface area contributed by atoms with Crippen LogP contribution in [0.15, 0.2) is 84.9 Å². The van der Waals surface area contributed by atoms with E-state index in [1.165, 1.54) is 6.07 Å². The Bertz CT molecular complexity index is 2000. The number of pyridine rings is 1. The third-order valence-electron chi connectivity index (χ3n) is 8.73. The number of hydrogen-bond acceptors (Lipinski definition) is 6. The molecular weight excluding hydrogens is 534 g/mol. The maximum absolute atomic E-state index is 14.1. The lowest BCUT2D eigenvalue weighted by molar-refractivity contribution is -0.106. The molecule has 0 aliphatic heterocycles. The number of fused-ring (bicyclic) bond motifs is 3. The lowest BCUT2D eigenvalue weighted by Gasteiger charge is -2.52. The van der Waals surface area contributed by atoms with E-state index in [-0.39, 0.29) is 0 Å². The van der Waals surface area contributed by atoms with E-state index >= 15 is 0 Å². The minimum Gasteiger partial charge on any atom is -0.389 e. The van der Waals surface area contributed by atoms with Crippen molar-refractivity contribution >= 4 is 16.8 Å². The molecule has 3 aromatic carbocycles. The average molecular weight is 561 g/mol. The number of nitrogens with zero attached hydrogens (tertiary/aromatic N) is 5. The first-order valence-corrected chi connectivity index (χ1v) is 14.0. The molecule has 7 nitrogen and oxygen atoms in total. The van der Waals surface area contributed by atoms with Crippen molar-refractivity contribution in [3.8, 4) is 33.9 Å². The van der Waals surface area contributed by atoms with E-state index in [1.54, 1.807) is 10.5 Å². The first-order chi connectivity index (χ1) is 20.3. The summed E-state index contributed by atoms with van der Waals surface area (Å²) in [6, 6.07) is 25.1. The summed E-state index contributed by atoms with van der Waals surface area (Å²) in [6.45, 7) is 0. The molecule has 0 atom stereocenters. The van der Waals surface area contributed by atoms with Crippen molar-refractivity contribution in [1.82, 2.24) is 24.6 Å². The van der Waals surface area contributed by atoms with Gasteiger partial charge in [-0.2, -0.15) is 0 Å². The molecule has 3 heterocycles. The van der Waals surface area contributed by atoms with Gasteiger partial charge in [-0.3, -0.25) is 4.40 Å². The van der Waals surface area contributed by atoms with E-state index in [1.807, 2.05) is 60.7 Å². The first kappa shape index (κ1) is 25.1. The van der Waals surface area contributed by atoms with Gasteiger partial charge in [0.15, 0.2) is 28.8 Å². The molecule has 2 saturated carbocycles. The number of nitrogens with two attached hydrogens (primary N) is 1. The second-order valence-corrected chi connectivity index (χ2v) is 11.6. The number of aromatic nitrogens is 5. The van der Waals surface area contributed by atoms with Crippen molar-refractivity contribution in [2.75, 3.05) is 0 Å². The fourth-order valence-electron chi connectivity index (χ4n) is 6.42. The highest BCUT2D eigenvalue weighted by Gasteiger charge is 2.58. The molecule has 2 fully saturated rings. The first-order valence-electron chi connectivity index (χ1n) is 14.0. The van der Waals surface area contributed by atoms with Crippen molar-refractivity contribution in [2.24, 2.45) is 11.7 Å². The van der Waals surface area contributed by atoms with Gasteiger partial charge in [0.25, 0.3) is 0 Å². The van der Waals surface area contributed by atoms with Gasteiger partial charge in [0.05, 0.1) is 17.0 Å². The molecule has 0 unspecified atom stereocenters. The van der Waals surface area contributed by atoms with Crippen LogP contribution >= 0.6 is 0 Å². The quantitative estimate of drug-likeness (QED) is 0.267. The SMILES string of the molecule is N[C@]1(c2ccc(-c3nc4ccc5nnc(-c6ccc(F)c(F)c6)n5c4nc3-c3ccccc3)cc2)C[C@](O)(C2CC2)C1. The van der Waals surface area contributed by atoms with Crippen molar-refractivity contribution < 1.29 is 13.9 Å². The van der Waals surface area contributed by atoms with Gasteiger partial charge in [0.1, 0.15) is 5.52 Å². The van der Waals surface area contributed by atoms with E-state index in [2.05, 4.69) is 10.2 Å². The summed E-state index contributed by atoms with van der Waals surface area (Å²) in [5.74, 6) is -1.19. The smallest absolute Gasteiger partial charge is 0.170 e. The Morgan fingerprint density at radius 1 is 0.762 bits per heavy atom. The van der Waals surface area contributed by atoms with Crippen molar-refractivity contribution in [2.45, 2.75) is 36.8 Å². The maximum atomic E-state index is 14.1. The molecule has 6 aromatic rings. The fraction of sp³-hybridized carbons (Fsp3) is 0.212. The third-order valence-corrected chi connectivity index (χ3v) is 8.73. The second-order valence-electron chi connectivity index (χ2n) is 11.6. The molecule has 8 rings (SSSR count). The van der Waals surface area contributed by atoms with Gasteiger partial charge in [-0.1, -0.05) is 54.6 Å². The lowest BCUT2D eigenvalue weighted by atomic mass is 9.60. The van der Waals surface area contributed by atoms with Crippen molar-refractivity contribution in [3.05, 3.63) is 102 Å². The van der Waals surface area contributed by atoms with Gasteiger partial charge in [0, 0.05) is 22.2 Å². The third kappa shape index (κ3) is 3.92. The van der Waals surface area contributed by atoms with E-state index < -0.39 is 22.8 Å². The van der Waals surface area contributed by atoms with E-state index in [0.717, 1.165) is 41.7 Å². The van der Waals surface area contributed by atoms with Crippen LogP contribution in [0.1, 0.15) is 31.2 Å². The molecule has 0 spiro atoms. The molecule has 3 N–H and O–H groups in total. The zero-order valence-corrected chi connectivity index (χ0v) is 22.5. The molecule has 9 heteroatoms. The summed E-state index contributed by atoms with van der Waals surface area (Å²) in [6.07, 6.45) is 3.31. The molecule has 0 bridgehead atoms. The highest BCUT2D eigenvalue weighted by molar-refractivity contribution is 5.87. The summed E-state index contributed by atoms with van der Waals surface area (Å²) in [5, 5.41) is 19.4. The Labute approximate surface area is 239 Å². The van der Waals surface area contributed by atoms with Gasteiger partial charge in [-0.25, -0.2) is 18.7 Å². The summed E-state index contributed by atoms with van der Waals surface area (Å²) in [7, 11) is 0. The topological polar surface area (TPSA) is 102 Å². The summed E-state index contributed by atoms with van der Waals surface area (Å²) < 4.78 is 29.5. The van der Waals surface area contributed by atoms with Gasteiger partial charge in [0.2, 0.25) is 0 Å². The maximum Gasteiger partial charge on any atom is 0.170 e. The lowest BCUT2D eigenvalue weighted by Crippen LogP contribution is -2.60. The number of benzene rings is 3. The van der Waals surface area contributed by atoms with Crippen LogP contribution in [0, 0.1) is 17.6 Å². The molecule has 0 radical (unpaired) electrons. The standard InChI is InChI=1S/C33H26F2N6O/c34-24-13-8-21(16-25(24)35)30-40-39-27-15-14-26-31(41(27)30)38-29(19-4-2-1-3-5-19)28(37-26)20-6-9-22(10-7-20)32(36)17-33(42,18-32)23-11-12-23/h1-10,13-16,23,42H,11-12,17-18,36H2/t32-,33-. The Morgan fingerprint density at radius 2 is 1.45 bits per heavy atom. The highest BCUT2D eigenvalue weighted by atomic mass is 19.2. The van der Waals surface area contributed by atoms with Crippen LogP contribution in [0.4, 0.5) is 8.78 Å².